The number of nitrogens with zero attached hydrogens (tertiary/aromatic N) is 4. The minimum atomic E-state index is -0.639. The summed E-state index contributed by atoms with van der Waals surface area (Å²) in [5.41, 5.74) is 11.4. The van der Waals surface area contributed by atoms with Gasteiger partial charge in [0.05, 0.1) is 40.7 Å². The lowest BCUT2D eigenvalue weighted by atomic mass is 10.1. The molecule has 0 bridgehead atoms. The van der Waals surface area contributed by atoms with Crippen LogP contribution in [0.3, 0.4) is 0 Å². The van der Waals surface area contributed by atoms with Crippen molar-refractivity contribution in [2.24, 2.45) is 16.6 Å². The quantitative estimate of drug-likeness (QED) is 0.102. The van der Waals surface area contributed by atoms with Crippen LogP contribution in [-0.2, 0) is 27.3 Å². The number of amidine groups is 1. The van der Waals surface area contributed by atoms with Crippen LogP contribution in [0, 0.1) is 11.3 Å². The van der Waals surface area contributed by atoms with Crippen molar-refractivity contribution in [1.82, 2.24) is 25.8 Å². The van der Waals surface area contributed by atoms with Crippen LogP contribution in [0.15, 0.2) is 77.1 Å². The van der Waals surface area contributed by atoms with E-state index in [1.165, 1.54) is 18.7 Å². The number of para-hydroxylation sites is 1. The van der Waals surface area contributed by atoms with Crippen molar-refractivity contribution in [3.05, 3.63) is 88.9 Å². The minimum Gasteiger partial charge on any atom is -0.384 e. The summed E-state index contributed by atoms with van der Waals surface area (Å²) in [7, 11) is 6.97. The lowest BCUT2D eigenvalue weighted by Crippen LogP contribution is -2.32. The van der Waals surface area contributed by atoms with E-state index in [2.05, 4.69) is 50.2 Å². The molecule has 2 heterocycles. The maximum absolute atomic E-state index is 12.5. The molecule has 2 amide bonds. The summed E-state index contributed by atoms with van der Waals surface area (Å²) in [6, 6.07) is 9.59. The molecular weight excluding hydrogens is 596 g/mol. The van der Waals surface area contributed by atoms with Gasteiger partial charge in [-0.1, -0.05) is 25.5 Å². The molecule has 2 aromatic rings. The summed E-state index contributed by atoms with van der Waals surface area (Å²) in [6.45, 7) is 2.56. The molecule has 0 unspecified atom stereocenters. The number of pyridine rings is 1. The second-order valence-electron chi connectivity index (χ2n) is 11.5. The maximum Gasteiger partial charge on any atom is 0.271 e. The molecule has 4 rings (SSSR count). The number of likely N-dealkylation sites (N-methyl/N-ethyl adjacent to an activating group) is 1. The molecule has 1 fully saturated rings. The Bertz CT molecular complexity index is 1710. The van der Waals surface area contributed by atoms with Crippen molar-refractivity contribution in [3.63, 3.8) is 0 Å². The fourth-order valence-electron chi connectivity index (χ4n) is 5.03. The van der Waals surface area contributed by atoms with E-state index in [9.17, 15) is 14.4 Å². The monoisotopic (exact) mass is 638 g/mol. The highest BCUT2D eigenvalue weighted by molar-refractivity contribution is 6.45. The van der Waals surface area contributed by atoms with Crippen LogP contribution < -0.4 is 31.9 Å². The largest absolute Gasteiger partial charge is 0.384 e. The molecule has 1 saturated carbocycles. The van der Waals surface area contributed by atoms with Gasteiger partial charge >= 0.3 is 0 Å². The number of amides is 2. The molecule has 246 valence electrons. The first kappa shape index (κ1) is 34.2. The van der Waals surface area contributed by atoms with Gasteiger partial charge in [0.25, 0.3) is 11.8 Å². The zero-order valence-electron chi connectivity index (χ0n) is 27.4. The Labute approximate surface area is 274 Å². The van der Waals surface area contributed by atoms with Crippen LogP contribution in [0.2, 0.25) is 0 Å². The van der Waals surface area contributed by atoms with E-state index in [4.69, 9.17) is 11.1 Å². The minimum absolute atomic E-state index is 0.0684. The number of hydrogen-bond donors (Lipinski definition) is 6. The van der Waals surface area contributed by atoms with Gasteiger partial charge in [-0.25, -0.2) is 4.79 Å². The zero-order valence-corrected chi connectivity index (χ0v) is 27.4. The highest BCUT2D eigenvalue weighted by Gasteiger charge is 2.29. The molecule has 0 radical (unpaired) electrons. The molecule has 13 nitrogen and oxygen atoms in total. The van der Waals surface area contributed by atoms with Crippen LogP contribution in [-0.4, -0.2) is 67.4 Å². The van der Waals surface area contributed by atoms with Crippen molar-refractivity contribution in [2.75, 3.05) is 38.4 Å². The molecule has 1 aliphatic heterocycles. The molecule has 7 N–H and O–H groups in total. The number of anilines is 2. The summed E-state index contributed by atoms with van der Waals surface area (Å²) < 4.78 is 0. The molecule has 2 aliphatic rings. The van der Waals surface area contributed by atoms with Crippen molar-refractivity contribution in [2.45, 2.75) is 39.2 Å². The number of nitrogens with one attached hydrogen (secondary N) is 5. The first-order valence-corrected chi connectivity index (χ1v) is 15.4. The van der Waals surface area contributed by atoms with Gasteiger partial charge in [0.2, 0.25) is 0 Å². The summed E-state index contributed by atoms with van der Waals surface area (Å²) in [6.07, 6.45) is 10.1. The third kappa shape index (κ3) is 8.74. The summed E-state index contributed by atoms with van der Waals surface area (Å²) in [5, 5.41) is 20.6. The standard InChI is InChI=1S/C34H42N10O3/c1-6-8-21-13-14-38-23(15-21)19-44(5)29(20-45)28-18-39-27(17-40-28)24-9-7-10-25(32(24)43(3)4)41-26(31(36)34(47)37-2)16-30(35)42-33(46)22-11-12-22/h7,9-10,13-18,22,36,39-41H,6,8,11-12,19H2,1-5H3,(H,37,47)(H2,35,42,46)/b26-16+,36-31?. The molecule has 0 saturated heterocycles. The van der Waals surface area contributed by atoms with Crippen LogP contribution in [0.5, 0.6) is 0 Å². The number of aliphatic imine (C=N–C) groups is 1. The van der Waals surface area contributed by atoms with Gasteiger partial charge in [0.15, 0.2) is 5.94 Å². The molecule has 1 aromatic heterocycles. The van der Waals surface area contributed by atoms with E-state index in [1.807, 2.05) is 44.2 Å². The predicted octanol–water partition coefficient (Wildman–Crippen LogP) is 2.64. The van der Waals surface area contributed by atoms with Crippen LogP contribution in [0.4, 0.5) is 11.4 Å². The fourth-order valence-corrected chi connectivity index (χ4v) is 5.03. The third-order valence-electron chi connectivity index (χ3n) is 7.52. The van der Waals surface area contributed by atoms with E-state index >= 15 is 0 Å². The number of benzene rings is 1. The molecule has 0 atom stereocenters. The number of carbonyl (C=O) groups excluding carboxylic acids is 3. The van der Waals surface area contributed by atoms with E-state index < -0.39 is 5.91 Å². The number of hydrogen-bond acceptors (Lipinski definition) is 10. The van der Waals surface area contributed by atoms with Crippen LogP contribution in [0.25, 0.3) is 5.70 Å². The summed E-state index contributed by atoms with van der Waals surface area (Å²) in [5.74, 6) is 0.879. The SMILES string of the molecule is CCCc1ccnc(CN(C)C(=C=O)C2=CNC(c3cccc(N/C(=C/C(N)=NC(=O)C4CC4)C(=N)C(=O)NC)c3N(C)C)=CN2)c1. The average Bonchev–Trinajstić information content (AvgIpc) is 3.91. The average molecular weight is 639 g/mol. The number of carbonyl (C=O) groups is 2. The van der Waals surface area contributed by atoms with Gasteiger partial charge in [-0.2, -0.15) is 4.99 Å². The smallest absolute Gasteiger partial charge is 0.271 e. The van der Waals surface area contributed by atoms with Crippen molar-refractivity contribution in [1.29, 1.82) is 5.41 Å². The lowest BCUT2D eigenvalue weighted by molar-refractivity contribution is -0.119. The lowest BCUT2D eigenvalue weighted by Gasteiger charge is -2.27. The van der Waals surface area contributed by atoms with E-state index in [0.717, 1.165) is 42.6 Å². The molecular formula is C34H42N10O3. The van der Waals surface area contributed by atoms with Gasteiger partial charge in [-0.05, 0) is 43.0 Å². The van der Waals surface area contributed by atoms with Gasteiger partial charge in [0.1, 0.15) is 17.2 Å². The Morgan fingerprint density at radius 2 is 1.96 bits per heavy atom. The zero-order chi connectivity index (χ0) is 34.1. The highest BCUT2D eigenvalue weighted by Crippen LogP contribution is 2.34. The fraction of sp³-hybridized carbons (Fsp3) is 0.324. The molecule has 0 spiro atoms. The van der Waals surface area contributed by atoms with Gasteiger partial charge in [-0.3, -0.25) is 20.0 Å². The molecule has 13 heteroatoms. The Balaban J connectivity index is 1.57. The Morgan fingerprint density at radius 3 is 2.57 bits per heavy atom. The second kappa shape index (κ2) is 15.5. The van der Waals surface area contributed by atoms with Gasteiger partial charge in [0, 0.05) is 64.3 Å². The van der Waals surface area contributed by atoms with Gasteiger partial charge < -0.3 is 36.8 Å². The van der Waals surface area contributed by atoms with Crippen molar-refractivity contribution < 1.29 is 14.4 Å². The molecule has 1 aliphatic carbocycles. The summed E-state index contributed by atoms with van der Waals surface area (Å²) >= 11 is 0. The normalized spacial score (nSPS) is 14.4. The van der Waals surface area contributed by atoms with Crippen molar-refractivity contribution >= 4 is 46.4 Å². The first-order chi connectivity index (χ1) is 22.6. The van der Waals surface area contributed by atoms with E-state index in [-0.39, 0.29) is 29.1 Å². The Kier molecular flexibility index (Phi) is 11.3. The van der Waals surface area contributed by atoms with E-state index in [1.54, 1.807) is 29.6 Å². The maximum atomic E-state index is 12.5. The first-order valence-electron chi connectivity index (χ1n) is 15.4. The van der Waals surface area contributed by atoms with Crippen LogP contribution in [0.1, 0.15) is 43.0 Å². The van der Waals surface area contributed by atoms with Crippen LogP contribution >= 0.6 is 0 Å². The number of aromatic nitrogens is 1. The second-order valence-corrected chi connectivity index (χ2v) is 11.5. The van der Waals surface area contributed by atoms with Gasteiger partial charge in [-0.15, -0.1) is 0 Å². The number of rotatable bonds is 14. The van der Waals surface area contributed by atoms with Crippen molar-refractivity contribution in [3.8, 4) is 0 Å². The number of nitrogens with two attached hydrogens (primary N) is 1. The number of aryl methyl sites for hydroxylation is 1. The Morgan fingerprint density at radius 1 is 1.19 bits per heavy atom. The predicted molar refractivity (Wildman–Crippen MR) is 185 cm³/mol. The topological polar surface area (TPSA) is 181 Å². The summed E-state index contributed by atoms with van der Waals surface area (Å²) in [4.78, 5) is 48.8. The molecule has 47 heavy (non-hydrogen) atoms. The highest BCUT2D eigenvalue weighted by atomic mass is 16.2. The van der Waals surface area contributed by atoms with E-state index in [0.29, 0.717) is 29.3 Å². The third-order valence-corrected chi connectivity index (χ3v) is 7.52. The molecule has 1 aromatic carbocycles. The Hall–Kier alpha value is -5.68.